The normalized spacial score (nSPS) is 11.1. The Bertz CT molecular complexity index is 148. The largest absolute Gasteiger partial charge is 0.370 e. The van der Waals surface area contributed by atoms with Crippen LogP contribution in [0.4, 0.5) is 0 Å². The van der Waals surface area contributed by atoms with E-state index in [1.165, 1.54) is 0 Å². The maximum absolute atomic E-state index is 5.24. The van der Waals surface area contributed by atoms with Crippen molar-refractivity contribution in [1.29, 1.82) is 0 Å². The molecule has 0 amide bonds. The van der Waals surface area contributed by atoms with Gasteiger partial charge in [0.25, 0.3) is 0 Å². The molecule has 0 atom stereocenters. The van der Waals surface area contributed by atoms with E-state index in [0.29, 0.717) is 6.54 Å². The fourth-order valence-electron chi connectivity index (χ4n) is 0.324. The summed E-state index contributed by atoms with van der Waals surface area (Å²) >= 11 is 3.17. The van der Waals surface area contributed by atoms with Gasteiger partial charge in [-0.2, -0.15) is 4.99 Å². The molecule has 0 saturated heterocycles. The summed E-state index contributed by atoms with van der Waals surface area (Å²) in [6.07, 6.45) is 0. The van der Waals surface area contributed by atoms with Gasteiger partial charge in [-0.05, 0) is 0 Å². The number of rotatable bonds is 2. The Balaban J connectivity index is 3.82. The van der Waals surface area contributed by atoms with Crippen LogP contribution in [0.1, 0.15) is 0 Å². The van der Waals surface area contributed by atoms with Crippen LogP contribution in [0.25, 0.3) is 0 Å². The van der Waals surface area contributed by atoms with Gasteiger partial charge in [0, 0.05) is 5.33 Å². The molecule has 0 radical (unpaired) electrons. The molecule has 0 aliphatic carbocycles. The molecule has 0 aromatic rings. The van der Waals surface area contributed by atoms with Crippen molar-refractivity contribution >= 4 is 27.8 Å². The first-order valence-corrected chi connectivity index (χ1v) is 3.74. The van der Waals surface area contributed by atoms with Crippen LogP contribution < -0.4 is 17.2 Å². The Labute approximate surface area is 67.5 Å². The van der Waals surface area contributed by atoms with Gasteiger partial charge in [-0.3, -0.25) is 4.99 Å². The molecule has 0 aliphatic heterocycles. The topological polar surface area (TPSA) is 103 Å². The number of nitrogens with two attached hydrogens (primary N) is 3. The van der Waals surface area contributed by atoms with Crippen molar-refractivity contribution in [2.75, 3.05) is 11.9 Å². The van der Waals surface area contributed by atoms with E-state index in [9.17, 15) is 0 Å². The Morgan fingerprint density at radius 2 is 1.90 bits per heavy atom. The van der Waals surface area contributed by atoms with Crippen LogP contribution in [0.15, 0.2) is 9.98 Å². The summed E-state index contributed by atoms with van der Waals surface area (Å²) in [5.41, 5.74) is 15.3. The van der Waals surface area contributed by atoms with Crippen LogP contribution in [-0.2, 0) is 0 Å². The highest BCUT2D eigenvalue weighted by molar-refractivity contribution is 9.09. The molecule has 0 saturated carbocycles. The summed E-state index contributed by atoms with van der Waals surface area (Å²) in [7, 11) is 0. The smallest absolute Gasteiger partial charge is 0.218 e. The predicted molar refractivity (Wildman–Crippen MR) is 46.1 cm³/mol. The van der Waals surface area contributed by atoms with Gasteiger partial charge < -0.3 is 17.2 Å². The number of aliphatic imine (C=N–C) groups is 2. The molecule has 0 aromatic carbocycles. The fraction of sp³-hybridized carbons (Fsp3) is 0.500. The van der Waals surface area contributed by atoms with E-state index in [-0.39, 0.29) is 11.9 Å². The third-order valence-electron chi connectivity index (χ3n) is 0.602. The maximum Gasteiger partial charge on any atom is 0.218 e. The van der Waals surface area contributed by atoms with Crippen LogP contribution in [0, 0.1) is 0 Å². The number of guanidine groups is 2. The lowest BCUT2D eigenvalue weighted by Crippen LogP contribution is -2.26. The van der Waals surface area contributed by atoms with Gasteiger partial charge in [-0.15, -0.1) is 0 Å². The molecule has 0 rings (SSSR count). The highest BCUT2D eigenvalue weighted by atomic mass is 79.9. The molecule has 0 fully saturated rings. The molecule has 0 bridgehead atoms. The molecule has 0 heterocycles. The van der Waals surface area contributed by atoms with Crippen LogP contribution in [0.2, 0.25) is 0 Å². The SMILES string of the molecule is NC(N)=NC(N)=NCCBr. The quantitative estimate of drug-likeness (QED) is 0.307. The van der Waals surface area contributed by atoms with Gasteiger partial charge in [0.05, 0.1) is 6.54 Å². The number of hydrogen-bond acceptors (Lipinski definition) is 1. The lowest BCUT2D eigenvalue weighted by Gasteiger charge is -1.91. The molecule has 10 heavy (non-hydrogen) atoms. The summed E-state index contributed by atoms with van der Waals surface area (Å²) < 4.78 is 0. The minimum atomic E-state index is -0.0733. The Hall–Kier alpha value is -0.780. The van der Waals surface area contributed by atoms with E-state index in [4.69, 9.17) is 17.2 Å². The van der Waals surface area contributed by atoms with E-state index < -0.39 is 0 Å². The maximum atomic E-state index is 5.24. The van der Waals surface area contributed by atoms with Gasteiger partial charge in [0.1, 0.15) is 0 Å². The van der Waals surface area contributed by atoms with Crippen molar-refractivity contribution in [3.05, 3.63) is 0 Å². The average molecular weight is 208 g/mol. The van der Waals surface area contributed by atoms with Crippen molar-refractivity contribution in [1.82, 2.24) is 0 Å². The summed E-state index contributed by atoms with van der Waals surface area (Å²) in [4.78, 5) is 7.28. The molecule has 0 unspecified atom stereocenters. The van der Waals surface area contributed by atoms with E-state index >= 15 is 0 Å². The second-order valence-corrected chi connectivity index (χ2v) is 2.26. The van der Waals surface area contributed by atoms with Crippen LogP contribution in [0.3, 0.4) is 0 Å². The molecular formula is C4H10BrN5. The molecule has 5 nitrogen and oxygen atoms in total. The third-order valence-corrected chi connectivity index (χ3v) is 0.957. The average Bonchev–Trinajstić information content (AvgIpc) is 1.82. The van der Waals surface area contributed by atoms with Crippen molar-refractivity contribution in [3.8, 4) is 0 Å². The fourth-order valence-corrected chi connectivity index (χ4v) is 0.502. The van der Waals surface area contributed by atoms with Crippen LogP contribution in [-0.4, -0.2) is 23.8 Å². The zero-order chi connectivity index (χ0) is 7.98. The monoisotopic (exact) mass is 207 g/mol. The first-order valence-electron chi connectivity index (χ1n) is 2.62. The molecular weight excluding hydrogens is 198 g/mol. The molecule has 6 N–H and O–H groups in total. The molecule has 0 aromatic heterocycles. The van der Waals surface area contributed by atoms with E-state index in [1.807, 2.05) is 0 Å². The summed E-state index contributed by atoms with van der Waals surface area (Å²) in [6.45, 7) is 0.572. The van der Waals surface area contributed by atoms with Gasteiger partial charge in [0.15, 0.2) is 5.96 Å². The highest BCUT2D eigenvalue weighted by Gasteiger charge is 1.85. The van der Waals surface area contributed by atoms with Crippen LogP contribution in [0.5, 0.6) is 0 Å². The number of alkyl halides is 1. The van der Waals surface area contributed by atoms with Crippen LogP contribution >= 0.6 is 15.9 Å². The number of hydrogen-bond donors (Lipinski definition) is 3. The molecule has 58 valence electrons. The highest BCUT2D eigenvalue weighted by Crippen LogP contribution is 1.80. The lowest BCUT2D eigenvalue weighted by atomic mass is 10.8. The number of halogens is 1. The second kappa shape index (κ2) is 5.04. The lowest BCUT2D eigenvalue weighted by molar-refractivity contribution is 1.13. The Morgan fingerprint density at radius 3 is 2.30 bits per heavy atom. The third kappa shape index (κ3) is 5.36. The van der Waals surface area contributed by atoms with E-state index in [0.717, 1.165) is 5.33 Å². The molecule has 0 spiro atoms. The molecule has 0 aliphatic rings. The van der Waals surface area contributed by atoms with Crippen molar-refractivity contribution < 1.29 is 0 Å². The second-order valence-electron chi connectivity index (χ2n) is 1.47. The predicted octanol–water partition coefficient (Wildman–Crippen LogP) is -1.03. The first-order chi connectivity index (χ1) is 4.66. The zero-order valence-corrected chi connectivity index (χ0v) is 7.00. The van der Waals surface area contributed by atoms with Gasteiger partial charge in [0.2, 0.25) is 5.96 Å². The van der Waals surface area contributed by atoms with E-state index in [1.54, 1.807) is 0 Å². The van der Waals surface area contributed by atoms with E-state index in [2.05, 4.69) is 25.9 Å². The summed E-state index contributed by atoms with van der Waals surface area (Å²) in [6, 6.07) is 0. The first kappa shape index (κ1) is 9.22. The van der Waals surface area contributed by atoms with Crippen molar-refractivity contribution in [2.45, 2.75) is 0 Å². The van der Waals surface area contributed by atoms with Gasteiger partial charge in [-0.1, -0.05) is 15.9 Å². The summed E-state index contributed by atoms with van der Waals surface area (Å²) in [5.74, 6) is 0.0373. The number of nitrogens with zero attached hydrogens (tertiary/aromatic N) is 2. The van der Waals surface area contributed by atoms with Crippen molar-refractivity contribution in [3.63, 3.8) is 0 Å². The minimum Gasteiger partial charge on any atom is -0.370 e. The Morgan fingerprint density at radius 1 is 1.30 bits per heavy atom. The van der Waals surface area contributed by atoms with Crippen molar-refractivity contribution in [2.24, 2.45) is 27.2 Å². The van der Waals surface area contributed by atoms with Gasteiger partial charge in [-0.25, -0.2) is 0 Å². The minimum absolute atomic E-state index is 0.0733. The standard InChI is InChI=1S/C4H10BrN5/c5-1-2-9-4(8)10-3(6)7/h1-2H2,(H6,6,7,8,9,10). The Kier molecular flexibility index (Phi) is 4.65. The van der Waals surface area contributed by atoms with Gasteiger partial charge >= 0.3 is 0 Å². The molecule has 6 heteroatoms. The summed E-state index contributed by atoms with van der Waals surface area (Å²) in [5, 5.41) is 0.744. The zero-order valence-electron chi connectivity index (χ0n) is 5.42.